The number of likely N-dealkylation sites (N-methyl/N-ethyl adjacent to an activating group) is 1. The van der Waals surface area contributed by atoms with E-state index in [0.717, 1.165) is 4.90 Å². The standard InChI is InChI=1S/C35H51N13O9S/c1-19(30(49)31-43-46-47-44-31)40-33(51)26-17-21-4-6-27(56-13-10-37)23(16-21)24-18-22(5-7-28(24)57-14-11-38)29(34(52)41-20(2)32(50)42-26)48(3)35(53)25(8-9-36)45-58(54,55)15-12-39/h4-7,16,18-20,25-26,29,45H,8-15,17,36-39H2,1-3H3,(H,40,51)(H,41,52)(H,42,50)(H,43,44,46,47)/t19-,20-,25-,26-,29-/m0/s1. The van der Waals surface area contributed by atoms with Crippen LogP contribution in [0.3, 0.4) is 0 Å². The molecule has 0 spiro atoms. The average molecular weight is 830 g/mol. The number of rotatable bonds is 18. The van der Waals surface area contributed by atoms with Crippen LogP contribution in [0.15, 0.2) is 36.4 Å². The van der Waals surface area contributed by atoms with Crippen molar-refractivity contribution in [3.63, 3.8) is 0 Å². The molecular weight excluding hydrogens is 779 g/mol. The number of nitrogens with zero attached hydrogens (tertiary/aromatic N) is 4. The van der Waals surface area contributed by atoms with Gasteiger partial charge in [-0.15, -0.1) is 10.2 Å². The predicted octanol–water partition coefficient (Wildman–Crippen LogP) is -3.43. The van der Waals surface area contributed by atoms with Gasteiger partial charge in [0.15, 0.2) is 0 Å². The van der Waals surface area contributed by atoms with E-state index in [4.69, 9.17) is 32.4 Å². The van der Waals surface area contributed by atoms with E-state index in [9.17, 15) is 32.4 Å². The molecule has 1 aliphatic rings. The number of hydrogen-bond acceptors (Lipinski definition) is 16. The highest BCUT2D eigenvalue weighted by Crippen LogP contribution is 2.40. The summed E-state index contributed by atoms with van der Waals surface area (Å²) in [6, 6.07) is 3.24. The number of nitrogens with two attached hydrogens (primary N) is 4. The molecule has 0 saturated heterocycles. The Hall–Kier alpha value is -5.59. The van der Waals surface area contributed by atoms with Crippen LogP contribution in [0.5, 0.6) is 11.5 Å². The first-order chi connectivity index (χ1) is 27.6. The van der Waals surface area contributed by atoms with Crippen molar-refractivity contribution in [1.29, 1.82) is 0 Å². The Bertz CT molecular complexity index is 2030. The van der Waals surface area contributed by atoms with Gasteiger partial charge in [0.05, 0.1) is 11.8 Å². The summed E-state index contributed by atoms with van der Waals surface area (Å²) in [6.45, 7) is 3.04. The van der Waals surface area contributed by atoms with Gasteiger partial charge in [0.25, 0.3) is 0 Å². The Balaban J connectivity index is 1.88. The molecule has 316 valence electrons. The minimum atomic E-state index is -4.02. The lowest BCUT2D eigenvalue weighted by Gasteiger charge is -2.32. The van der Waals surface area contributed by atoms with Crippen molar-refractivity contribution >= 4 is 39.4 Å². The zero-order valence-corrected chi connectivity index (χ0v) is 33.2. The zero-order chi connectivity index (χ0) is 42.6. The van der Waals surface area contributed by atoms with Crippen LogP contribution in [0, 0.1) is 0 Å². The maximum absolute atomic E-state index is 14.4. The number of fused-ring (bicyclic) bond motifs is 5. The highest BCUT2D eigenvalue weighted by Gasteiger charge is 2.37. The Morgan fingerprint density at radius 3 is 2.19 bits per heavy atom. The van der Waals surface area contributed by atoms with Crippen LogP contribution in [-0.4, -0.2) is 140 Å². The summed E-state index contributed by atoms with van der Waals surface area (Å²) in [4.78, 5) is 70.0. The number of tetrazole rings is 1. The maximum Gasteiger partial charge on any atom is 0.248 e. The molecule has 0 radical (unpaired) electrons. The summed E-state index contributed by atoms with van der Waals surface area (Å²) >= 11 is 0. The van der Waals surface area contributed by atoms with Crippen molar-refractivity contribution < 1.29 is 41.9 Å². The van der Waals surface area contributed by atoms with Crippen molar-refractivity contribution in [2.24, 2.45) is 22.9 Å². The Morgan fingerprint density at radius 2 is 1.59 bits per heavy atom. The van der Waals surface area contributed by atoms with Gasteiger partial charge >= 0.3 is 0 Å². The molecule has 4 rings (SSSR count). The number of H-pyrrole nitrogens is 1. The Labute approximate surface area is 334 Å². The summed E-state index contributed by atoms with van der Waals surface area (Å²) in [5.74, 6) is -3.85. The van der Waals surface area contributed by atoms with Crippen molar-refractivity contribution in [3.05, 3.63) is 53.3 Å². The number of ether oxygens (including phenoxy) is 2. The summed E-state index contributed by atoms with van der Waals surface area (Å²) in [7, 11) is -2.71. The molecule has 23 heteroatoms. The third-order valence-corrected chi connectivity index (χ3v) is 10.4. The lowest BCUT2D eigenvalue weighted by molar-refractivity contribution is -0.141. The molecule has 13 N–H and O–H groups in total. The largest absolute Gasteiger partial charge is 0.492 e. The first-order valence-electron chi connectivity index (χ1n) is 18.4. The molecule has 0 saturated carbocycles. The molecule has 4 bridgehead atoms. The quantitative estimate of drug-likeness (QED) is 0.0564. The second-order valence-electron chi connectivity index (χ2n) is 13.4. The number of sulfonamides is 1. The SMILES string of the molecule is C[C@@H]1NC(=O)[C@@H](N(C)C(=O)[C@H](CCN)NS(=O)(=O)CCN)c2ccc(OCCN)c(c2)-c2cc(ccc2OCCN)C[C@@H](C(=O)N[C@@H](C)C(=O)c2nn[nH]n2)NC1=O. The summed E-state index contributed by atoms with van der Waals surface area (Å²) in [5.41, 5.74) is 24.4. The summed E-state index contributed by atoms with van der Waals surface area (Å²) in [5, 5.41) is 20.8. The molecule has 1 aromatic heterocycles. The maximum atomic E-state index is 14.4. The van der Waals surface area contributed by atoms with Crippen LogP contribution in [0.1, 0.15) is 48.1 Å². The molecule has 58 heavy (non-hydrogen) atoms. The van der Waals surface area contributed by atoms with Crippen LogP contribution < -0.4 is 53.1 Å². The molecule has 1 aliphatic heterocycles. The molecule has 0 aliphatic carbocycles. The molecule has 0 fully saturated rings. The highest BCUT2D eigenvalue weighted by molar-refractivity contribution is 7.89. The fourth-order valence-electron chi connectivity index (χ4n) is 6.13. The molecule has 2 heterocycles. The van der Waals surface area contributed by atoms with Gasteiger partial charge in [0.1, 0.15) is 48.9 Å². The van der Waals surface area contributed by atoms with E-state index in [2.05, 4.69) is 41.3 Å². The molecular formula is C35H51N13O9S. The van der Waals surface area contributed by atoms with Crippen LogP contribution >= 0.6 is 0 Å². The third kappa shape index (κ3) is 11.5. The number of benzene rings is 2. The minimum Gasteiger partial charge on any atom is -0.492 e. The van der Waals surface area contributed by atoms with Crippen molar-refractivity contribution in [3.8, 4) is 22.6 Å². The number of carbonyl (C=O) groups is 5. The lowest BCUT2D eigenvalue weighted by atomic mass is 9.93. The second-order valence-corrected chi connectivity index (χ2v) is 15.3. The van der Waals surface area contributed by atoms with Gasteiger partial charge in [0.2, 0.25) is 45.3 Å². The lowest BCUT2D eigenvalue weighted by Crippen LogP contribution is -2.57. The Kier molecular flexibility index (Phi) is 16.1. The van der Waals surface area contributed by atoms with Gasteiger partial charge < -0.3 is 53.3 Å². The van der Waals surface area contributed by atoms with Crippen LogP contribution in [-0.2, 0) is 35.6 Å². The topological polar surface area (TPSA) is 348 Å². The number of aromatic nitrogens is 4. The van der Waals surface area contributed by atoms with E-state index in [1.54, 1.807) is 36.4 Å². The first-order valence-corrected chi connectivity index (χ1v) is 20.1. The van der Waals surface area contributed by atoms with E-state index >= 15 is 0 Å². The van der Waals surface area contributed by atoms with E-state index in [1.165, 1.54) is 20.9 Å². The van der Waals surface area contributed by atoms with E-state index in [0.29, 0.717) is 28.2 Å². The van der Waals surface area contributed by atoms with Crippen molar-refractivity contribution in [2.75, 3.05) is 52.2 Å². The monoisotopic (exact) mass is 829 g/mol. The average Bonchev–Trinajstić information content (AvgIpc) is 3.73. The number of Topliss-reactive ketones (excluding diaryl/α,β-unsaturated/α-hetero) is 1. The first kappa shape index (κ1) is 45.1. The summed E-state index contributed by atoms with van der Waals surface area (Å²) < 4.78 is 39.9. The normalized spacial score (nSPS) is 18.2. The number of hydrogen-bond donors (Lipinski definition) is 9. The van der Waals surface area contributed by atoms with Crippen molar-refractivity contribution in [1.82, 2.24) is 46.2 Å². The molecule has 0 unspecified atom stereocenters. The fourth-order valence-corrected chi connectivity index (χ4v) is 7.21. The molecule has 3 aromatic rings. The van der Waals surface area contributed by atoms with Crippen LogP contribution in [0.4, 0.5) is 0 Å². The number of aromatic amines is 1. The molecule has 22 nitrogen and oxygen atoms in total. The van der Waals surface area contributed by atoms with Gasteiger partial charge in [-0.25, -0.2) is 13.1 Å². The van der Waals surface area contributed by atoms with Crippen molar-refractivity contribution in [2.45, 2.75) is 56.9 Å². The predicted molar refractivity (Wildman–Crippen MR) is 209 cm³/mol. The third-order valence-electron chi connectivity index (χ3n) is 8.99. The van der Waals surface area contributed by atoms with E-state index in [-0.39, 0.29) is 63.6 Å². The van der Waals surface area contributed by atoms with Gasteiger partial charge in [-0.2, -0.15) is 5.21 Å². The second kappa shape index (κ2) is 20.7. The zero-order valence-electron chi connectivity index (χ0n) is 32.4. The highest BCUT2D eigenvalue weighted by atomic mass is 32.2. The Morgan fingerprint density at radius 1 is 0.931 bits per heavy atom. The van der Waals surface area contributed by atoms with Gasteiger partial charge in [-0.05, 0) is 67.4 Å². The summed E-state index contributed by atoms with van der Waals surface area (Å²) in [6.07, 6.45) is -0.207. The number of ketones is 1. The van der Waals surface area contributed by atoms with Gasteiger partial charge in [-0.3, -0.25) is 24.0 Å². The van der Waals surface area contributed by atoms with Crippen LogP contribution in [0.2, 0.25) is 0 Å². The molecule has 5 atom stereocenters. The fraction of sp³-hybridized carbons (Fsp3) is 0.486. The molecule has 2 aromatic carbocycles. The van der Waals surface area contributed by atoms with Gasteiger partial charge in [-0.1, -0.05) is 12.1 Å². The number of amides is 4. The van der Waals surface area contributed by atoms with Gasteiger partial charge in [0, 0.05) is 44.2 Å². The number of nitrogens with one attached hydrogen (secondary N) is 5. The molecule has 4 amide bonds. The van der Waals surface area contributed by atoms with Crippen LogP contribution in [0.25, 0.3) is 11.1 Å². The smallest absolute Gasteiger partial charge is 0.248 e. The number of carbonyl (C=O) groups excluding carboxylic acids is 5. The minimum absolute atomic E-state index is 0.0819. The van der Waals surface area contributed by atoms with E-state index < -0.39 is 75.4 Å². The van der Waals surface area contributed by atoms with E-state index in [1.807, 2.05) is 0 Å².